The zero-order valence-corrected chi connectivity index (χ0v) is 9.37. The summed E-state index contributed by atoms with van der Waals surface area (Å²) in [6, 6.07) is 8.46. The van der Waals surface area contributed by atoms with E-state index in [4.69, 9.17) is 5.73 Å². The van der Waals surface area contributed by atoms with E-state index in [1.807, 2.05) is 10.8 Å². The number of imidazole rings is 1. The Bertz CT molecular complexity index is 433. The van der Waals surface area contributed by atoms with Crippen molar-refractivity contribution in [2.75, 3.05) is 5.73 Å². The number of rotatable bonds is 3. The van der Waals surface area contributed by atoms with Crippen molar-refractivity contribution in [2.45, 2.75) is 17.7 Å². The van der Waals surface area contributed by atoms with Crippen LogP contribution in [0.4, 0.5) is 5.95 Å². The van der Waals surface area contributed by atoms with Gasteiger partial charge in [-0.15, -0.1) is 11.8 Å². The number of nitrogens with zero attached hydrogens (tertiary/aromatic N) is 2. The van der Waals surface area contributed by atoms with Gasteiger partial charge >= 0.3 is 0 Å². The first-order valence-corrected chi connectivity index (χ1v) is 5.70. The minimum absolute atomic E-state index is 0.564. The van der Waals surface area contributed by atoms with Crippen LogP contribution in [0, 0.1) is 6.92 Å². The number of hydrogen-bond acceptors (Lipinski definition) is 3. The van der Waals surface area contributed by atoms with E-state index < -0.39 is 0 Å². The summed E-state index contributed by atoms with van der Waals surface area (Å²) in [7, 11) is 0. The third-order valence-electron chi connectivity index (χ3n) is 2.14. The summed E-state index contributed by atoms with van der Waals surface area (Å²) in [4.78, 5) is 5.21. The molecule has 4 heteroatoms. The number of benzene rings is 1. The summed E-state index contributed by atoms with van der Waals surface area (Å²) in [5, 5.41) is 0. The van der Waals surface area contributed by atoms with Crippen molar-refractivity contribution in [1.29, 1.82) is 0 Å². The molecule has 0 aliphatic carbocycles. The molecule has 1 aromatic carbocycles. The van der Waals surface area contributed by atoms with E-state index in [0.717, 1.165) is 5.88 Å². The van der Waals surface area contributed by atoms with Gasteiger partial charge in [-0.1, -0.05) is 17.7 Å². The first-order valence-electron chi connectivity index (χ1n) is 4.72. The number of aryl methyl sites for hydroxylation is 1. The van der Waals surface area contributed by atoms with Gasteiger partial charge in [0.1, 0.15) is 0 Å². The zero-order valence-electron chi connectivity index (χ0n) is 8.55. The smallest absolute Gasteiger partial charge is 0.200 e. The third kappa shape index (κ3) is 2.53. The number of nitrogens with two attached hydrogens (primary N) is 1. The van der Waals surface area contributed by atoms with E-state index in [2.05, 4.69) is 36.2 Å². The van der Waals surface area contributed by atoms with Crippen LogP contribution in [0.3, 0.4) is 0 Å². The molecule has 0 aliphatic heterocycles. The van der Waals surface area contributed by atoms with Crippen LogP contribution >= 0.6 is 11.8 Å². The summed E-state index contributed by atoms with van der Waals surface area (Å²) in [6.45, 7) is 2.09. The molecule has 78 valence electrons. The van der Waals surface area contributed by atoms with Crippen molar-refractivity contribution < 1.29 is 0 Å². The van der Waals surface area contributed by atoms with Crippen LogP contribution in [0.25, 0.3) is 0 Å². The molecule has 1 aromatic heterocycles. The minimum Gasteiger partial charge on any atom is -0.369 e. The fourth-order valence-electron chi connectivity index (χ4n) is 1.23. The summed E-state index contributed by atoms with van der Waals surface area (Å²) in [5.41, 5.74) is 6.95. The molecule has 0 amide bonds. The van der Waals surface area contributed by atoms with Crippen molar-refractivity contribution in [3.63, 3.8) is 0 Å². The maximum Gasteiger partial charge on any atom is 0.200 e. The highest BCUT2D eigenvalue weighted by Gasteiger charge is 1.98. The summed E-state index contributed by atoms with van der Waals surface area (Å²) in [6.07, 6.45) is 3.60. The topological polar surface area (TPSA) is 43.8 Å². The van der Waals surface area contributed by atoms with E-state index in [0.29, 0.717) is 5.95 Å². The lowest BCUT2D eigenvalue weighted by Crippen LogP contribution is -1.99. The molecule has 1 heterocycles. The lowest BCUT2D eigenvalue weighted by molar-refractivity contribution is 0.905. The second kappa shape index (κ2) is 4.40. The van der Waals surface area contributed by atoms with Crippen molar-refractivity contribution in [3.8, 4) is 0 Å². The highest BCUT2D eigenvalue weighted by Crippen LogP contribution is 2.20. The average Bonchev–Trinajstić information content (AvgIpc) is 2.63. The van der Waals surface area contributed by atoms with Gasteiger partial charge in [0.05, 0.1) is 5.88 Å². The molecule has 0 atom stereocenters. The monoisotopic (exact) mass is 219 g/mol. The fraction of sp³-hybridized carbons (Fsp3) is 0.182. The molecule has 2 rings (SSSR count). The lowest BCUT2D eigenvalue weighted by Gasteiger charge is -2.04. The normalized spacial score (nSPS) is 10.5. The van der Waals surface area contributed by atoms with E-state index in [-0.39, 0.29) is 0 Å². The molecule has 0 spiro atoms. The number of nitrogen functional groups attached to an aromatic ring is 1. The molecule has 0 saturated carbocycles. The zero-order chi connectivity index (χ0) is 10.7. The molecule has 0 radical (unpaired) electrons. The SMILES string of the molecule is Cc1ccc(SCn2ccnc2N)cc1. The predicted octanol–water partition coefficient (Wildman–Crippen LogP) is 2.52. The van der Waals surface area contributed by atoms with Crippen LogP contribution in [0.2, 0.25) is 0 Å². The molecule has 0 bridgehead atoms. The Labute approximate surface area is 93.3 Å². The van der Waals surface area contributed by atoms with Gasteiger partial charge in [0.15, 0.2) is 0 Å². The van der Waals surface area contributed by atoms with Gasteiger partial charge in [-0.2, -0.15) is 0 Å². The molecule has 0 unspecified atom stereocenters. The van der Waals surface area contributed by atoms with Crippen molar-refractivity contribution in [2.24, 2.45) is 0 Å². The first-order chi connectivity index (χ1) is 7.25. The number of thioether (sulfide) groups is 1. The molecule has 0 fully saturated rings. The van der Waals surface area contributed by atoms with Crippen LogP contribution < -0.4 is 5.73 Å². The van der Waals surface area contributed by atoms with Crippen LogP contribution in [-0.2, 0) is 5.88 Å². The number of anilines is 1. The highest BCUT2D eigenvalue weighted by molar-refractivity contribution is 7.98. The van der Waals surface area contributed by atoms with E-state index in [1.54, 1.807) is 18.0 Å². The van der Waals surface area contributed by atoms with Gasteiger partial charge in [-0.05, 0) is 19.1 Å². The maximum atomic E-state index is 5.67. The molecular formula is C11H13N3S. The molecule has 2 aromatic rings. The van der Waals surface area contributed by atoms with E-state index in [1.165, 1.54) is 10.5 Å². The van der Waals surface area contributed by atoms with Gasteiger partial charge in [-0.25, -0.2) is 4.98 Å². The summed E-state index contributed by atoms with van der Waals surface area (Å²) < 4.78 is 1.92. The quantitative estimate of drug-likeness (QED) is 0.807. The Hall–Kier alpha value is -1.42. The number of hydrogen-bond donors (Lipinski definition) is 1. The Morgan fingerprint density at radius 2 is 2.07 bits per heavy atom. The second-order valence-corrected chi connectivity index (χ2v) is 4.36. The van der Waals surface area contributed by atoms with Crippen molar-refractivity contribution in [3.05, 3.63) is 42.2 Å². The van der Waals surface area contributed by atoms with Crippen molar-refractivity contribution >= 4 is 17.7 Å². The first kappa shape index (κ1) is 10.1. The number of aromatic nitrogens is 2. The third-order valence-corrected chi connectivity index (χ3v) is 3.15. The molecule has 2 N–H and O–H groups in total. The van der Waals surface area contributed by atoms with Crippen LogP contribution in [0.15, 0.2) is 41.6 Å². The van der Waals surface area contributed by atoms with Gasteiger partial charge in [-0.3, -0.25) is 0 Å². The predicted molar refractivity (Wildman–Crippen MR) is 63.7 cm³/mol. The van der Waals surface area contributed by atoms with Gasteiger partial charge in [0, 0.05) is 17.3 Å². The lowest BCUT2D eigenvalue weighted by atomic mass is 10.2. The maximum absolute atomic E-state index is 5.67. The van der Waals surface area contributed by atoms with Gasteiger partial charge < -0.3 is 10.3 Å². The highest BCUT2D eigenvalue weighted by atomic mass is 32.2. The van der Waals surface area contributed by atoms with Gasteiger partial charge in [0.2, 0.25) is 5.95 Å². The van der Waals surface area contributed by atoms with Gasteiger partial charge in [0.25, 0.3) is 0 Å². The Balaban J connectivity index is 1.99. The largest absolute Gasteiger partial charge is 0.369 e. The van der Waals surface area contributed by atoms with Crippen LogP contribution in [0.5, 0.6) is 0 Å². The van der Waals surface area contributed by atoms with Crippen LogP contribution in [-0.4, -0.2) is 9.55 Å². The van der Waals surface area contributed by atoms with Crippen molar-refractivity contribution in [1.82, 2.24) is 9.55 Å². The minimum atomic E-state index is 0.564. The molecule has 15 heavy (non-hydrogen) atoms. The van der Waals surface area contributed by atoms with E-state index >= 15 is 0 Å². The summed E-state index contributed by atoms with van der Waals surface area (Å²) >= 11 is 1.74. The van der Waals surface area contributed by atoms with Crippen LogP contribution in [0.1, 0.15) is 5.56 Å². The Morgan fingerprint density at radius 3 is 2.67 bits per heavy atom. The van der Waals surface area contributed by atoms with E-state index in [9.17, 15) is 0 Å². The second-order valence-electron chi connectivity index (χ2n) is 3.34. The molecule has 0 aliphatic rings. The molecule has 0 saturated heterocycles. The standard InChI is InChI=1S/C11H13N3S/c1-9-2-4-10(5-3-9)15-8-14-7-6-13-11(14)12/h2-7H,8H2,1H3,(H2,12,13). The molecular weight excluding hydrogens is 206 g/mol. The Kier molecular flexibility index (Phi) is 2.97. The molecule has 3 nitrogen and oxygen atoms in total. The summed E-state index contributed by atoms with van der Waals surface area (Å²) in [5.74, 6) is 1.36. The fourth-order valence-corrected chi connectivity index (χ4v) is 2.06. The Morgan fingerprint density at radius 1 is 1.33 bits per heavy atom. The average molecular weight is 219 g/mol.